The van der Waals surface area contributed by atoms with Crippen molar-refractivity contribution in [2.75, 3.05) is 0 Å². The highest BCUT2D eigenvalue weighted by Gasteiger charge is 2.18. The summed E-state index contributed by atoms with van der Waals surface area (Å²) in [7, 11) is 0. The van der Waals surface area contributed by atoms with Crippen molar-refractivity contribution in [1.29, 1.82) is 5.26 Å². The highest BCUT2D eigenvalue weighted by Crippen LogP contribution is 2.31. The monoisotopic (exact) mass is 391 g/mol. The third-order valence-corrected chi connectivity index (χ3v) is 5.36. The van der Waals surface area contributed by atoms with E-state index in [-0.39, 0.29) is 12.4 Å². The fourth-order valence-corrected chi connectivity index (χ4v) is 3.88. The van der Waals surface area contributed by atoms with Gasteiger partial charge in [-0.15, -0.1) is 11.3 Å². The average molecular weight is 391 g/mol. The number of hydrogen-bond donors (Lipinski definition) is 0. The first kappa shape index (κ1) is 17.9. The van der Waals surface area contributed by atoms with Crippen LogP contribution in [0.15, 0.2) is 54.6 Å². The Hall–Kier alpha value is -3.50. The summed E-state index contributed by atoms with van der Waals surface area (Å²) in [6.07, 6.45) is 0. The Morgan fingerprint density at radius 3 is 2.61 bits per heavy atom. The molecule has 7 heteroatoms. The minimum Gasteiger partial charge on any atom is -0.457 e. The van der Waals surface area contributed by atoms with Crippen LogP contribution in [0, 0.1) is 24.1 Å². The van der Waals surface area contributed by atoms with Crippen LogP contribution in [0.25, 0.3) is 15.9 Å². The first-order valence-electron chi connectivity index (χ1n) is 8.46. The molecule has 0 aliphatic rings. The second-order valence-electron chi connectivity index (χ2n) is 6.19. The fraction of sp³-hybridized carbons (Fsp3) is 0.0952. The quantitative estimate of drug-likeness (QED) is 0.470. The van der Waals surface area contributed by atoms with Gasteiger partial charge in [-0.1, -0.05) is 12.1 Å². The number of aryl methyl sites for hydroxylation is 1. The van der Waals surface area contributed by atoms with Gasteiger partial charge in [-0.25, -0.2) is 13.9 Å². The van der Waals surface area contributed by atoms with Gasteiger partial charge in [0.2, 0.25) is 0 Å². The predicted octanol–water partition coefficient (Wildman–Crippen LogP) is 4.76. The van der Waals surface area contributed by atoms with E-state index in [2.05, 4.69) is 5.10 Å². The van der Waals surface area contributed by atoms with E-state index in [1.165, 1.54) is 23.5 Å². The topological polar surface area (TPSA) is 67.9 Å². The van der Waals surface area contributed by atoms with Crippen molar-refractivity contribution >= 4 is 27.5 Å². The molecule has 0 saturated carbocycles. The maximum atomic E-state index is 13.2. The van der Waals surface area contributed by atoms with E-state index in [1.807, 2.05) is 13.0 Å². The number of benzene rings is 2. The molecule has 4 aromatic rings. The number of nitriles is 1. The van der Waals surface area contributed by atoms with Crippen molar-refractivity contribution in [3.8, 4) is 11.8 Å². The molecule has 0 radical (unpaired) electrons. The maximum Gasteiger partial charge on any atom is 0.348 e. The van der Waals surface area contributed by atoms with Gasteiger partial charge in [-0.2, -0.15) is 10.4 Å². The molecule has 0 bridgehead atoms. The van der Waals surface area contributed by atoms with Crippen LogP contribution in [-0.4, -0.2) is 15.7 Å². The lowest BCUT2D eigenvalue weighted by Crippen LogP contribution is -2.03. The molecule has 28 heavy (non-hydrogen) atoms. The Balaban J connectivity index is 1.57. The van der Waals surface area contributed by atoms with Crippen molar-refractivity contribution in [2.45, 2.75) is 13.5 Å². The molecular weight excluding hydrogens is 377 g/mol. The van der Waals surface area contributed by atoms with Crippen molar-refractivity contribution in [1.82, 2.24) is 9.78 Å². The molecule has 2 heterocycles. The van der Waals surface area contributed by atoms with Crippen LogP contribution in [-0.2, 0) is 11.3 Å². The average Bonchev–Trinajstić information content (AvgIpc) is 3.28. The molecule has 0 saturated heterocycles. The van der Waals surface area contributed by atoms with Gasteiger partial charge in [-0.05, 0) is 55.0 Å². The van der Waals surface area contributed by atoms with Crippen LogP contribution in [0.1, 0.15) is 26.5 Å². The Morgan fingerprint density at radius 2 is 1.93 bits per heavy atom. The van der Waals surface area contributed by atoms with Crippen LogP contribution < -0.4 is 0 Å². The lowest BCUT2D eigenvalue weighted by molar-refractivity contribution is 0.0478. The second-order valence-corrected chi connectivity index (χ2v) is 7.22. The number of halogens is 1. The van der Waals surface area contributed by atoms with Gasteiger partial charge in [0, 0.05) is 5.39 Å². The van der Waals surface area contributed by atoms with Crippen molar-refractivity contribution in [3.63, 3.8) is 0 Å². The number of aromatic nitrogens is 2. The molecule has 0 unspecified atom stereocenters. The Kier molecular flexibility index (Phi) is 4.63. The molecule has 2 aromatic carbocycles. The van der Waals surface area contributed by atoms with Gasteiger partial charge in [-0.3, -0.25) is 0 Å². The summed E-state index contributed by atoms with van der Waals surface area (Å²) in [6, 6.07) is 16.7. The van der Waals surface area contributed by atoms with E-state index in [1.54, 1.807) is 47.1 Å². The van der Waals surface area contributed by atoms with Gasteiger partial charge in [0.1, 0.15) is 22.1 Å². The molecular formula is C21H14FN3O2S. The van der Waals surface area contributed by atoms with Crippen molar-refractivity contribution in [2.24, 2.45) is 0 Å². The molecule has 0 amide bonds. The van der Waals surface area contributed by atoms with E-state index in [4.69, 9.17) is 10.00 Å². The molecule has 0 aliphatic carbocycles. The number of rotatable bonds is 4. The van der Waals surface area contributed by atoms with E-state index in [0.29, 0.717) is 10.4 Å². The number of hydrogen-bond acceptors (Lipinski definition) is 5. The summed E-state index contributed by atoms with van der Waals surface area (Å²) in [5.74, 6) is -0.738. The van der Waals surface area contributed by atoms with E-state index in [0.717, 1.165) is 27.2 Å². The zero-order valence-corrected chi connectivity index (χ0v) is 15.7. The van der Waals surface area contributed by atoms with Crippen LogP contribution in [0.3, 0.4) is 0 Å². The third kappa shape index (κ3) is 3.38. The van der Waals surface area contributed by atoms with Crippen LogP contribution in [0.4, 0.5) is 4.39 Å². The number of esters is 1. The highest BCUT2D eigenvalue weighted by molar-refractivity contribution is 7.20. The number of fused-ring (bicyclic) bond motifs is 1. The summed E-state index contributed by atoms with van der Waals surface area (Å²) >= 11 is 1.28. The van der Waals surface area contributed by atoms with Crippen LogP contribution in [0.2, 0.25) is 0 Å². The minimum atomic E-state index is -0.421. The fourth-order valence-electron chi connectivity index (χ4n) is 2.80. The Labute approximate surface area is 164 Å². The molecule has 0 fully saturated rings. The second kappa shape index (κ2) is 7.25. The van der Waals surface area contributed by atoms with Gasteiger partial charge in [0.05, 0.1) is 23.0 Å². The Bertz CT molecular complexity index is 1200. The molecule has 4 rings (SSSR count). The summed E-state index contributed by atoms with van der Waals surface area (Å²) in [5, 5.41) is 14.2. The minimum absolute atomic E-state index is 0.127. The molecule has 138 valence electrons. The summed E-state index contributed by atoms with van der Waals surface area (Å²) in [5.41, 5.74) is 2.86. The van der Waals surface area contributed by atoms with Crippen LogP contribution in [0.5, 0.6) is 0 Å². The molecule has 0 spiro atoms. The van der Waals surface area contributed by atoms with Gasteiger partial charge in [0.15, 0.2) is 0 Å². The maximum absolute atomic E-state index is 13.2. The first-order chi connectivity index (χ1) is 13.5. The van der Waals surface area contributed by atoms with Crippen molar-refractivity contribution < 1.29 is 13.9 Å². The normalized spacial score (nSPS) is 10.8. The standard InChI is InChI=1S/C21H14FN3O2S/c1-13-18-10-19(21(26)27-12-15-4-2-14(11-23)3-5-15)28-20(18)25(24-13)17-8-6-16(22)7-9-17/h2-10H,12H2,1H3. The Morgan fingerprint density at radius 1 is 1.21 bits per heavy atom. The van der Waals surface area contributed by atoms with E-state index >= 15 is 0 Å². The number of carbonyl (C=O) groups excluding carboxylic acids is 1. The zero-order chi connectivity index (χ0) is 19.7. The summed E-state index contributed by atoms with van der Waals surface area (Å²) in [6.45, 7) is 1.99. The molecule has 5 nitrogen and oxygen atoms in total. The first-order valence-corrected chi connectivity index (χ1v) is 9.28. The summed E-state index contributed by atoms with van der Waals surface area (Å²) in [4.78, 5) is 13.7. The number of ether oxygens (including phenoxy) is 1. The number of nitrogens with zero attached hydrogens (tertiary/aromatic N) is 3. The molecule has 0 aliphatic heterocycles. The van der Waals surface area contributed by atoms with Gasteiger partial charge < -0.3 is 4.74 Å². The predicted molar refractivity (Wildman–Crippen MR) is 104 cm³/mol. The molecule has 2 aromatic heterocycles. The smallest absolute Gasteiger partial charge is 0.348 e. The molecule has 0 N–H and O–H groups in total. The summed E-state index contributed by atoms with van der Waals surface area (Å²) < 4.78 is 20.3. The van der Waals surface area contributed by atoms with Gasteiger partial charge in [0.25, 0.3) is 0 Å². The SMILES string of the molecule is Cc1nn(-c2ccc(F)cc2)c2sc(C(=O)OCc3ccc(C#N)cc3)cc12. The third-order valence-electron chi connectivity index (χ3n) is 4.27. The van der Waals surface area contributed by atoms with E-state index < -0.39 is 5.97 Å². The largest absolute Gasteiger partial charge is 0.457 e. The number of thiophene rings is 1. The lowest BCUT2D eigenvalue weighted by Gasteiger charge is -2.04. The van der Waals surface area contributed by atoms with E-state index in [9.17, 15) is 9.18 Å². The highest BCUT2D eigenvalue weighted by atomic mass is 32.1. The zero-order valence-electron chi connectivity index (χ0n) is 14.8. The lowest BCUT2D eigenvalue weighted by atomic mass is 10.2. The molecule has 0 atom stereocenters. The van der Waals surface area contributed by atoms with Gasteiger partial charge >= 0.3 is 5.97 Å². The van der Waals surface area contributed by atoms with Crippen molar-refractivity contribution in [3.05, 3.63) is 82.1 Å². The number of carbonyl (C=O) groups is 1. The van der Waals surface area contributed by atoms with Crippen LogP contribution >= 0.6 is 11.3 Å².